The third kappa shape index (κ3) is 4.13. The van der Waals surface area contributed by atoms with Gasteiger partial charge in [-0.15, -0.1) is 0 Å². The Morgan fingerprint density at radius 3 is 1.96 bits per heavy atom. The van der Waals surface area contributed by atoms with Crippen LogP contribution in [-0.4, -0.2) is 11.8 Å². The Kier molecular flexibility index (Phi) is 5.71. The van der Waals surface area contributed by atoms with Gasteiger partial charge in [-0.2, -0.15) is 0 Å². The molecule has 0 saturated heterocycles. The van der Waals surface area contributed by atoms with Gasteiger partial charge in [-0.05, 0) is 18.2 Å². The van der Waals surface area contributed by atoms with Crippen LogP contribution in [0.2, 0.25) is 10.0 Å². The first-order valence-electron chi connectivity index (χ1n) is 7.86. The summed E-state index contributed by atoms with van der Waals surface area (Å²) in [5, 5.41) is 0.579. The number of Topliss-reactive ketones (excluding diaryl/α,β-unsaturated/α-hetero) is 1. The van der Waals surface area contributed by atoms with E-state index in [1.165, 1.54) is 18.2 Å². The standard InChI is InChI=1S/C21H14Cl2O3/c22-17-12-11-16(13-18(17)23)21(25)26-20(15-9-5-2-6-10-15)19(24)14-7-3-1-4-8-14/h1-13,20H/t20-/m1/s1. The smallest absolute Gasteiger partial charge is 0.339 e. The Hall–Kier alpha value is -2.62. The van der Waals surface area contributed by atoms with Crippen molar-refractivity contribution in [2.45, 2.75) is 6.10 Å². The third-order valence-corrected chi connectivity index (χ3v) is 4.52. The molecular weight excluding hydrogens is 371 g/mol. The zero-order valence-corrected chi connectivity index (χ0v) is 15.1. The highest BCUT2D eigenvalue weighted by atomic mass is 35.5. The summed E-state index contributed by atoms with van der Waals surface area (Å²) in [6.07, 6.45) is -1.06. The van der Waals surface area contributed by atoms with E-state index < -0.39 is 12.1 Å². The molecule has 0 saturated carbocycles. The van der Waals surface area contributed by atoms with E-state index in [9.17, 15) is 9.59 Å². The molecule has 0 bridgehead atoms. The Morgan fingerprint density at radius 2 is 1.35 bits per heavy atom. The zero-order chi connectivity index (χ0) is 18.5. The van der Waals surface area contributed by atoms with Gasteiger partial charge in [0.2, 0.25) is 5.78 Å². The van der Waals surface area contributed by atoms with Gasteiger partial charge in [0.25, 0.3) is 0 Å². The first-order chi connectivity index (χ1) is 12.6. The van der Waals surface area contributed by atoms with E-state index in [0.29, 0.717) is 16.1 Å². The Labute approximate surface area is 161 Å². The fraction of sp³-hybridized carbons (Fsp3) is 0.0476. The molecule has 3 rings (SSSR count). The minimum absolute atomic E-state index is 0.223. The van der Waals surface area contributed by atoms with Crippen LogP contribution in [0.3, 0.4) is 0 Å². The second-order valence-electron chi connectivity index (χ2n) is 5.56. The van der Waals surface area contributed by atoms with Gasteiger partial charge in [-0.1, -0.05) is 83.9 Å². The molecule has 1 atom stereocenters. The molecule has 0 aliphatic carbocycles. The van der Waals surface area contributed by atoms with Crippen molar-refractivity contribution in [1.29, 1.82) is 0 Å². The van der Waals surface area contributed by atoms with Crippen LogP contribution in [0, 0.1) is 0 Å². The van der Waals surface area contributed by atoms with Crippen molar-refractivity contribution in [3.63, 3.8) is 0 Å². The summed E-state index contributed by atoms with van der Waals surface area (Å²) < 4.78 is 5.54. The lowest BCUT2D eigenvalue weighted by Gasteiger charge is -2.17. The van der Waals surface area contributed by atoms with Crippen molar-refractivity contribution in [2.75, 3.05) is 0 Å². The molecule has 0 fully saturated rings. The van der Waals surface area contributed by atoms with Crippen molar-refractivity contribution in [2.24, 2.45) is 0 Å². The van der Waals surface area contributed by atoms with Crippen LogP contribution in [-0.2, 0) is 4.74 Å². The van der Waals surface area contributed by atoms with Gasteiger partial charge in [-0.25, -0.2) is 4.79 Å². The lowest BCUT2D eigenvalue weighted by Crippen LogP contribution is -2.20. The van der Waals surface area contributed by atoms with Crippen LogP contribution in [0.25, 0.3) is 0 Å². The van der Waals surface area contributed by atoms with Gasteiger partial charge in [0.1, 0.15) is 0 Å². The van der Waals surface area contributed by atoms with Crippen LogP contribution >= 0.6 is 23.2 Å². The van der Waals surface area contributed by atoms with Crippen molar-refractivity contribution in [3.05, 3.63) is 106 Å². The van der Waals surface area contributed by atoms with Crippen LogP contribution in [0.5, 0.6) is 0 Å². The third-order valence-electron chi connectivity index (χ3n) is 3.78. The Bertz CT molecular complexity index is 925. The van der Waals surface area contributed by atoms with E-state index in [0.717, 1.165) is 0 Å². The van der Waals surface area contributed by atoms with Crippen molar-refractivity contribution < 1.29 is 14.3 Å². The molecule has 0 unspecified atom stereocenters. The maximum atomic E-state index is 12.9. The molecule has 0 radical (unpaired) electrons. The van der Waals surface area contributed by atoms with Gasteiger partial charge in [0.05, 0.1) is 15.6 Å². The zero-order valence-electron chi connectivity index (χ0n) is 13.6. The number of carbonyl (C=O) groups excluding carboxylic acids is 2. The Balaban J connectivity index is 1.92. The largest absolute Gasteiger partial charge is 0.445 e. The Morgan fingerprint density at radius 1 is 0.731 bits per heavy atom. The van der Waals surface area contributed by atoms with Crippen molar-refractivity contribution in [1.82, 2.24) is 0 Å². The molecule has 130 valence electrons. The van der Waals surface area contributed by atoms with E-state index in [1.807, 2.05) is 12.1 Å². The van der Waals surface area contributed by atoms with Gasteiger partial charge < -0.3 is 4.74 Å². The first-order valence-corrected chi connectivity index (χ1v) is 8.62. The monoisotopic (exact) mass is 384 g/mol. The number of benzene rings is 3. The molecule has 3 aromatic rings. The quantitative estimate of drug-likeness (QED) is 0.413. The minimum atomic E-state index is -1.06. The highest BCUT2D eigenvalue weighted by Crippen LogP contribution is 2.26. The summed E-state index contributed by atoms with van der Waals surface area (Å²) >= 11 is 11.8. The molecule has 0 aromatic heterocycles. The molecule has 0 aliphatic heterocycles. The summed E-state index contributed by atoms with van der Waals surface area (Å²) in [6.45, 7) is 0. The number of carbonyl (C=O) groups is 2. The van der Waals surface area contributed by atoms with Crippen LogP contribution in [0.4, 0.5) is 0 Å². The number of ether oxygens (including phenoxy) is 1. The number of hydrogen-bond donors (Lipinski definition) is 0. The average molecular weight is 385 g/mol. The first kappa shape index (κ1) is 18.2. The molecule has 0 heterocycles. The molecule has 0 aliphatic rings. The van der Waals surface area contributed by atoms with Crippen LogP contribution in [0.15, 0.2) is 78.9 Å². The summed E-state index contributed by atoms with van der Waals surface area (Å²) in [5.74, 6) is -0.952. The number of hydrogen-bond acceptors (Lipinski definition) is 3. The van der Waals surface area contributed by atoms with Crippen LogP contribution < -0.4 is 0 Å². The second kappa shape index (κ2) is 8.17. The van der Waals surface area contributed by atoms with Crippen molar-refractivity contribution in [3.8, 4) is 0 Å². The summed E-state index contributed by atoms with van der Waals surface area (Å²) in [5.41, 5.74) is 1.28. The maximum Gasteiger partial charge on any atom is 0.339 e. The number of ketones is 1. The lowest BCUT2D eigenvalue weighted by atomic mass is 10.00. The number of rotatable bonds is 5. The minimum Gasteiger partial charge on any atom is -0.445 e. The normalized spacial score (nSPS) is 11.6. The SMILES string of the molecule is O=C(O[C@@H](C(=O)c1ccccc1)c1ccccc1)c1ccc(Cl)c(Cl)c1. The molecule has 5 heteroatoms. The lowest BCUT2D eigenvalue weighted by molar-refractivity contribution is 0.0280. The van der Waals surface area contributed by atoms with Gasteiger partial charge in [0, 0.05) is 11.1 Å². The highest BCUT2D eigenvalue weighted by Gasteiger charge is 2.26. The average Bonchev–Trinajstić information content (AvgIpc) is 2.69. The molecule has 0 N–H and O–H groups in total. The molecule has 26 heavy (non-hydrogen) atoms. The highest BCUT2D eigenvalue weighted by molar-refractivity contribution is 6.42. The predicted octanol–water partition coefficient (Wildman–Crippen LogP) is 5.77. The fourth-order valence-corrected chi connectivity index (χ4v) is 2.75. The maximum absolute atomic E-state index is 12.9. The molecular formula is C21H14Cl2O3. The van der Waals surface area contributed by atoms with Crippen molar-refractivity contribution >= 4 is 35.0 Å². The summed E-state index contributed by atoms with van der Waals surface area (Å²) in [7, 11) is 0. The van der Waals surface area contributed by atoms with Crippen LogP contribution in [0.1, 0.15) is 32.4 Å². The molecule has 0 spiro atoms. The topological polar surface area (TPSA) is 43.4 Å². The summed E-state index contributed by atoms with van der Waals surface area (Å²) in [6, 6.07) is 22.0. The van der Waals surface area contributed by atoms with E-state index in [-0.39, 0.29) is 16.4 Å². The number of esters is 1. The van der Waals surface area contributed by atoms with Gasteiger partial charge in [-0.3, -0.25) is 4.79 Å². The van der Waals surface area contributed by atoms with E-state index in [2.05, 4.69) is 0 Å². The fourth-order valence-electron chi connectivity index (χ4n) is 2.45. The van der Waals surface area contributed by atoms with E-state index in [1.54, 1.807) is 48.5 Å². The number of halogens is 2. The summed E-state index contributed by atoms with van der Waals surface area (Å²) in [4.78, 5) is 25.5. The molecule has 3 aromatic carbocycles. The molecule has 0 amide bonds. The van der Waals surface area contributed by atoms with Gasteiger partial charge in [0.15, 0.2) is 6.10 Å². The van der Waals surface area contributed by atoms with E-state index >= 15 is 0 Å². The second-order valence-corrected chi connectivity index (χ2v) is 6.37. The molecule has 3 nitrogen and oxygen atoms in total. The van der Waals surface area contributed by atoms with E-state index in [4.69, 9.17) is 27.9 Å². The predicted molar refractivity (Wildman–Crippen MR) is 102 cm³/mol. The van der Waals surface area contributed by atoms with Gasteiger partial charge >= 0.3 is 5.97 Å².